The number of ether oxygens (including phenoxy) is 2. The molecule has 0 fully saturated rings. The van der Waals surface area contributed by atoms with E-state index in [4.69, 9.17) is 9.47 Å². The Kier molecular flexibility index (Phi) is 3.13. The first kappa shape index (κ1) is 12.3. The third-order valence-electron chi connectivity index (χ3n) is 2.99. The Bertz CT molecular complexity index is 738. The Hall–Kier alpha value is -2.75. The highest BCUT2D eigenvalue weighted by molar-refractivity contribution is 5.85. The molecule has 100 valence electrons. The summed E-state index contributed by atoms with van der Waals surface area (Å²) < 4.78 is 10.6. The maximum atomic E-state index is 9.99. The van der Waals surface area contributed by atoms with Crippen LogP contribution in [-0.4, -0.2) is 17.2 Å². The van der Waals surface area contributed by atoms with Gasteiger partial charge in [-0.1, -0.05) is 24.3 Å². The summed E-state index contributed by atoms with van der Waals surface area (Å²) in [5, 5.41) is 11.9. The first-order valence-electron chi connectivity index (χ1n) is 6.16. The van der Waals surface area contributed by atoms with E-state index < -0.39 is 0 Å². The predicted molar refractivity (Wildman–Crippen MR) is 76.5 cm³/mol. The topological polar surface area (TPSA) is 51.6 Å². The third kappa shape index (κ3) is 2.36. The lowest BCUT2D eigenvalue weighted by atomic mass is 10.1. The van der Waals surface area contributed by atoms with Gasteiger partial charge in [0.05, 0.1) is 13.3 Å². The fourth-order valence-corrected chi connectivity index (χ4v) is 1.95. The van der Waals surface area contributed by atoms with Crippen LogP contribution < -0.4 is 9.47 Å². The summed E-state index contributed by atoms with van der Waals surface area (Å²) in [6, 6.07) is 14.7. The minimum atomic E-state index is 0.0846. The minimum absolute atomic E-state index is 0.0846. The molecule has 3 rings (SSSR count). The van der Waals surface area contributed by atoms with Crippen LogP contribution in [-0.2, 0) is 0 Å². The van der Waals surface area contributed by atoms with E-state index in [1.54, 1.807) is 37.6 Å². The van der Waals surface area contributed by atoms with Gasteiger partial charge >= 0.3 is 0 Å². The summed E-state index contributed by atoms with van der Waals surface area (Å²) in [5.41, 5.74) is 0. The molecule has 0 spiro atoms. The van der Waals surface area contributed by atoms with Crippen LogP contribution in [0.5, 0.6) is 23.1 Å². The number of methoxy groups -OCH3 is 1. The largest absolute Gasteiger partial charge is 0.504 e. The second kappa shape index (κ2) is 5.09. The van der Waals surface area contributed by atoms with E-state index >= 15 is 0 Å². The van der Waals surface area contributed by atoms with Crippen LogP contribution in [0.2, 0.25) is 0 Å². The molecule has 0 unspecified atom stereocenters. The molecule has 0 saturated carbocycles. The Balaban J connectivity index is 1.94. The Morgan fingerprint density at radius 1 is 1.00 bits per heavy atom. The van der Waals surface area contributed by atoms with Crippen LogP contribution in [0, 0.1) is 0 Å². The predicted octanol–water partition coefficient (Wildman–Crippen LogP) is 3.74. The molecule has 0 aliphatic rings. The molecule has 0 aliphatic heterocycles. The lowest BCUT2D eigenvalue weighted by Gasteiger charge is -2.08. The average Bonchev–Trinajstić information content (AvgIpc) is 2.49. The number of nitrogens with zero attached hydrogens (tertiary/aromatic N) is 1. The summed E-state index contributed by atoms with van der Waals surface area (Å²) in [6.45, 7) is 0. The number of rotatable bonds is 3. The van der Waals surface area contributed by atoms with Crippen molar-refractivity contribution in [1.29, 1.82) is 0 Å². The zero-order valence-corrected chi connectivity index (χ0v) is 10.9. The monoisotopic (exact) mass is 267 g/mol. The van der Waals surface area contributed by atoms with Crippen molar-refractivity contribution in [2.24, 2.45) is 0 Å². The van der Waals surface area contributed by atoms with E-state index in [0.717, 1.165) is 10.8 Å². The Morgan fingerprint density at radius 3 is 2.40 bits per heavy atom. The van der Waals surface area contributed by atoms with Gasteiger partial charge in [0.15, 0.2) is 11.5 Å². The molecule has 4 nitrogen and oxygen atoms in total. The quantitative estimate of drug-likeness (QED) is 0.785. The van der Waals surface area contributed by atoms with Crippen molar-refractivity contribution in [3.63, 3.8) is 0 Å². The number of fused-ring (bicyclic) bond motifs is 1. The SMILES string of the molecule is COc1ccc(Oc2cc3ccccc3cc2O)nc1. The zero-order chi connectivity index (χ0) is 13.9. The molecule has 0 aliphatic carbocycles. The van der Waals surface area contributed by atoms with E-state index in [2.05, 4.69) is 4.98 Å². The van der Waals surface area contributed by atoms with Gasteiger partial charge in [-0.2, -0.15) is 0 Å². The number of aromatic nitrogens is 1. The Morgan fingerprint density at radius 2 is 1.75 bits per heavy atom. The van der Waals surface area contributed by atoms with Crippen LogP contribution in [0.25, 0.3) is 10.8 Å². The molecule has 1 N–H and O–H groups in total. The first-order chi connectivity index (χ1) is 9.76. The molecule has 1 aromatic heterocycles. The standard InChI is InChI=1S/C16H13NO3/c1-19-13-6-7-16(17-10-13)20-15-9-12-5-3-2-4-11(12)8-14(15)18/h2-10,18H,1H3. The van der Waals surface area contributed by atoms with Crippen molar-refractivity contribution < 1.29 is 14.6 Å². The fourth-order valence-electron chi connectivity index (χ4n) is 1.95. The molecule has 0 saturated heterocycles. The first-order valence-corrected chi connectivity index (χ1v) is 6.16. The number of pyridine rings is 1. The Labute approximate surface area is 116 Å². The molecule has 1 heterocycles. The second-order valence-corrected chi connectivity index (χ2v) is 4.31. The van der Waals surface area contributed by atoms with Crippen molar-refractivity contribution in [3.05, 3.63) is 54.7 Å². The van der Waals surface area contributed by atoms with Gasteiger partial charge < -0.3 is 14.6 Å². The molecule has 2 aromatic carbocycles. The molecule has 0 atom stereocenters. The van der Waals surface area contributed by atoms with Gasteiger partial charge in [0.1, 0.15) is 5.75 Å². The molecule has 0 amide bonds. The summed E-state index contributed by atoms with van der Waals surface area (Å²) in [7, 11) is 1.58. The van der Waals surface area contributed by atoms with Gasteiger partial charge in [0.25, 0.3) is 0 Å². The lowest BCUT2D eigenvalue weighted by molar-refractivity contribution is 0.395. The second-order valence-electron chi connectivity index (χ2n) is 4.31. The van der Waals surface area contributed by atoms with E-state index in [-0.39, 0.29) is 5.75 Å². The zero-order valence-electron chi connectivity index (χ0n) is 10.9. The minimum Gasteiger partial charge on any atom is -0.504 e. The van der Waals surface area contributed by atoms with E-state index in [9.17, 15) is 5.11 Å². The normalized spacial score (nSPS) is 10.4. The van der Waals surface area contributed by atoms with Crippen molar-refractivity contribution in [2.45, 2.75) is 0 Å². The van der Waals surface area contributed by atoms with Gasteiger partial charge in [-0.05, 0) is 29.0 Å². The van der Waals surface area contributed by atoms with Gasteiger partial charge in [-0.15, -0.1) is 0 Å². The van der Waals surface area contributed by atoms with E-state index in [1.165, 1.54) is 0 Å². The summed E-state index contributed by atoms with van der Waals surface area (Å²) in [5.74, 6) is 1.51. The molecule has 3 aromatic rings. The summed E-state index contributed by atoms with van der Waals surface area (Å²) in [6.07, 6.45) is 1.56. The fraction of sp³-hybridized carbons (Fsp3) is 0.0625. The van der Waals surface area contributed by atoms with Crippen LogP contribution in [0.1, 0.15) is 0 Å². The van der Waals surface area contributed by atoms with Gasteiger partial charge in [-0.3, -0.25) is 0 Å². The molecule has 4 heteroatoms. The van der Waals surface area contributed by atoms with Crippen molar-refractivity contribution in [1.82, 2.24) is 4.98 Å². The highest BCUT2D eigenvalue weighted by Crippen LogP contribution is 2.34. The molecular formula is C16H13NO3. The van der Waals surface area contributed by atoms with E-state index in [1.807, 2.05) is 24.3 Å². The van der Waals surface area contributed by atoms with Crippen LogP contribution in [0.15, 0.2) is 54.7 Å². The van der Waals surface area contributed by atoms with Gasteiger partial charge in [0, 0.05) is 6.07 Å². The van der Waals surface area contributed by atoms with Crippen LogP contribution in [0.3, 0.4) is 0 Å². The summed E-state index contributed by atoms with van der Waals surface area (Å²) >= 11 is 0. The summed E-state index contributed by atoms with van der Waals surface area (Å²) in [4.78, 5) is 4.11. The number of aromatic hydroxyl groups is 1. The lowest BCUT2D eigenvalue weighted by Crippen LogP contribution is -1.90. The number of hydrogen-bond acceptors (Lipinski definition) is 4. The molecule has 20 heavy (non-hydrogen) atoms. The molecule has 0 radical (unpaired) electrons. The maximum Gasteiger partial charge on any atom is 0.219 e. The maximum absolute atomic E-state index is 9.99. The third-order valence-corrected chi connectivity index (χ3v) is 2.99. The van der Waals surface area contributed by atoms with E-state index in [0.29, 0.717) is 17.4 Å². The van der Waals surface area contributed by atoms with Gasteiger partial charge in [-0.25, -0.2) is 4.98 Å². The van der Waals surface area contributed by atoms with Crippen molar-refractivity contribution >= 4 is 10.8 Å². The molecule has 0 bridgehead atoms. The number of hydrogen-bond donors (Lipinski definition) is 1. The highest BCUT2D eigenvalue weighted by Gasteiger charge is 2.07. The van der Waals surface area contributed by atoms with Gasteiger partial charge in [0.2, 0.25) is 5.88 Å². The number of benzene rings is 2. The average molecular weight is 267 g/mol. The van der Waals surface area contributed by atoms with Crippen LogP contribution in [0.4, 0.5) is 0 Å². The van der Waals surface area contributed by atoms with Crippen molar-refractivity contribution in [3.8, 4) is 23.1 Å². The number of phenolic OH excluding ortho intramolecular Hbond substituents is 1. The smallest absolute Gasteiger partial charge is 0.219 e. The van der Waals surface area contributed by atoms with Crippen LogP contribution >= 0.6 is 0 Å². The molecular weight excluding hydrogens is 254 g/mol. The highest BCUT2D eigenvalue weighted by atomic mass is 16.5. The number of phenols is 1. The van der Waals surface area contributed by atoms with Crippen molar-refractivity contribution in [2.75, 3.05) is 7.11 Å².